The minimum Gasteiger partial charge on any atom is -0.624 e. The van der Waals surface area contributed by atoms with Crippen molar-refractivity contribution in [2.45, 2.75) is 13.0 Å². The van der Waals surface area contributed by atoms with Gasteiger partial charge in [0.05, 0.1) is 13.2 Å². The van der Waals surface area contributed by atoms with Gasteiger partial charge in [0.25, 0.3) is 5.09 Å². The highest BCUT2D eigenvalue weighted by molar-refractivity contribution is 5.75. The zero-order valence-electron chi connectivity index (χ0n) is 13.0. The highest BCUT2D eigenvalue weighted by Gasteiger charge is 2.00. The summed E-state index contributed by atoms with van der Waals surface area (Å²) in [5.74, 6) is 0.633. The third-order valence-electron chi connectivity index (χ3n) is 3.11. The van der Waals surface area contributed by atoms with E-state index in [4.69, 9.17) is 4.74 Å². The van der Waals surface area contributed by atoms with Gasteiger partial charge in [-0.2, -0.15) is 0 Å². The molecule has 0 unspecified atom stereocenters. The lowest BCUT2D eigenvalue weighted by Gasteiger charge is -2.06. The molecule has 0 radical (unpaired) electrons. The zero-order chi connectivity index (χ0) is 17.2. The first-order valence-electron chi connectivity index (χ1n) is 7.46. The first kappa shape index (κ1) is 17.3. The molecular formula is C17H18N2O5. The van der Waals surface area contributed by atoms with Crippen LogP contribution in [0.4, 0.5) is 0 Å². The van der Waals surface area contributed by atoms with Gasteiger partial charge in [-0.05, 0) is 24.3 Å². The number of rotatable bonds is 9. The first-order valence-corrected chi connectivity index (χ1v) is 7.46. The lowest BCUT2D eigenvalue weighted by Crippen LogP contribution is -2.07. The van der Waals surface area contributed by atoms with E-state index in [1.54, 1.807) is 24.3 Å². The van der Waals surface area contributed by atoms with E-state index < -0.39 is 5.09 Å². The minimum absolute atomic E-state index is 0.00346. The molecule has 7 nitrogen and oxygen atoms in total. The van der Waals surface area contributed by atoms with Crippen LogP contribution >= 0.6 is 0 Å². The molecule has 126 valence electrons. The molecule has 0 aliphatic carbocycles. The molecule has 0 aliphatic heterocycles. The van der Waals surface area contributed by atoms with Crippen molar-refractivity contribution in [3.05, 3.63) is 81.0 Å². The molecule has 0 spiro atoms. The van der Waals surface area contributed by atoms with E-state index >= 15 is 0 Å². The Balaban J connectivity index is 1.80. The van der Waals surface area contributed by atoms with Gasteiger partial charge in [0.2, 0.25) is 0 Å². The fourth-order valence-electron chi connectivity index (χ4n) is 2.01. The van der Waals surface area contributed by atoms with Gasteiger partial charge in [-0.15, -0.1) is 10.1 Å². The van der Waals surface area contributed by atoms with Gasteiger partial charge in [0.1, 0.15) is 5.75 Å². The van der Waals surface area contributed by atoms with E-state index in [0.717, 1.165) is 15.9 Å². The van der Waals surface area contributed by atoms with Crippen molar-refractivity contribution in [2.24, 2.45) is 0 Å². The molecule has 0 saturated carbocycles. The summed E-state index contributed by atoms with van der Waals surface area (Å²) in [6, 6.07) is 16.5. The van der Waals surface area contributed by atoms with Gasteiger partial charge in [0, 0.05) is 17.5 Å². The molecule has 0 amide bonds. The third-order valence-corrected chi connectivity index (χ3v) is 3.11. The summed E-state index contributed by atoms with van der Waals surface area (Å²) in [4.78, 5) is 14.2. The van der Waals surface area contributed by atoms with E-state index in [1.807, 2.05) is 30.3 Å². The zero-order valence-corrected chi connectivity index (χ0v) is 13.0. The molecule has 24 heavy (non-hydrogen) atoms. The van der Waals surface area contributed by atoms with Gasteiger partial charge in [0.15, 0.2) is 12.8 Å². The fraction of sp³-hybridized carbons (Fsp3) is 0.235. The quantitative estimate of drug-likeness (QED) is 0.176. The molecule has 2 aromatic carbocycles. The van der Waals surface area contributed by atoms with Gasteiger partial charge in [-0.1, -0.05) is 30.3 Å². The van der Waals surface area contributed by atoms with Crippen LogP contribution in [0.5, 0.6) is 5.75 Å². The maximum Gasteiger partial charge on any atom is 0.294 e. The van der Waals surface area contributed by atoms with E-state index in [2.05, 4.69) is 4.84 Å². The standard InChI is InChI=1S/C17H18N2O5/c20-18(13-15-5-2-1-3-6-15)14-16-7-9-17(10-8-16)23-11-4-12-24-19(21)22/h1-3,5-10,14H,4,11-13H2/b18-14-. The average molecular weight is 330 g/mol. The van der Waals surface area contributed by atoms with Crippen molar-refractivity contribution in [3.63, 3.8) is 0 Å². The van der Waals surface area contributed by atoms with Crippen LogP contribution in [-0.2, 0) is 11.4 Å². The maximum atomic E-state index is 11.9. The number of hydrogen-bond donors (Lipinski definition) is 0. The second-order valence-corrected chi connectivity index (χ2v) is 5.02. The highest BCUT2D eigenvalue weighted by atomic mass is 16.9. The third kappa shape index (κ3) is 6.35. The van der Waals surface area contributed by atoms with Crippen LogP contribution in [0.1, 0.15) is 17.5 Å². The van der Waals surface area contributed by atoms with Gasteiger partial charge in [-0.3, -0.25) is 0 Å². The van der Waals surface area contributed by atoms with Crippen molar-refractivity contribution in [3.8, 4) is 5.75 Å². The molecule has 0 saturated heterocycles. The van der Waals surface area contributed by atoms with Crippen LogP contribution in [0.2, 0.25) is 0 Å². The Morgan fingerprint density at radius 3 is 2.33 bits per heavy atom. The molecule has 0 aromatic heterocycles. The molecule has 0 bridgehead atoms. The van der Waals surface area contributed by atoms with Crippen LogP contribution in [0, 0.1) is 15.3 Å². The summed E-state index contributed by atoms with van der Waals surface area (Å²) < 4.78 is 6.31. The Kier molecular flexibility index (Phi) is 6.58. The van der Waals surface area contributed by atoms with E-state index in [0.29, 0.717) is 18.8 Å². The monoisotopic (exact) mass is 330 g/mol. The van der Waals surface area contributed by atoms with Crippen molar-refractivity contribution in [2.75, 3.05) is 13.2 Å². The van der Waals surface area contributed by atoms with Crippen molar-refractivity contribution >= 4 is 6.21 Å². The maximum absolute atomic E-state index is 11.9. The summed E-state index contributed by atoms with van der Waals surface area (Å²) in [7, 11) is 0. The average Bonchev–Trinajstić information content (AvgIpc) is 2.56. The van der Waals surface area contributed by atoms with Gasteiger partial charge in [-0.25, -0.2) is 4.74 Å². The Morgan fingerprint density at radius 1 is 0.958 bits per heavy atom. The number of ether oxygens (including phenoxy) is 1. The Hall–Kier alpha value is -3.09. The van der Waals surface area contributed by atoms with Crippen LogP contribution < -0.4 is 4.74 Å². The second kappa shape index (κ2) is 9.14. The highest BCUT2D eigenvalue weighted by Crippen LogP contribution is 2.11. The van der Waals surface area contributed by atoms with E-state index in [9.17, 15) is 15.3 Å². The smallest absolute Gasteiger partial charge is 0.294 e. The summed E-state index contributed by atoms with van der Waals surface area (Å²) in [5.41, 5.74) is 1.71. The molecule has 0 heterocycles. The summed E-state index contributed by atoms with van der Waals surface area (Å²) in [6.07, 6.45) is 1.93. The van der Waals surface area contributed by atoms with Crippen molar-refractivity contribution < 1.29 is 19.4 Å². The van der Waals surface area contributed by atoms with Crippen LogP contribution in [-0.4, -0.2) is 29.3 Å². The number of benzene rings is 2. The van der Waals surface area contributed by atoms with Crippen LogP contribution in [0.15, 0.2) is 54.6 Å². The predicted octanol–water partition coefficient (Wildman–Crippen LogP) is 2.79. The van der Waals surface area contributed by atoms with Crippen molar-refractivity contribution in [1.82, 2.24) is 0 Å². The lowest BCUT2D eigenvalue weighted by atomic mass is 10.2. The summed E-state index contributed by atoms with van der Waals surface area (Å²) in [6.45, 7) is 0.609. The fourth-order valence-corrected chi connectivity index (χ4v) is 2.01. The largest absolute Gasteiger partial charge is 0.624 e. The van der Waals surface area contributed by atoms with Crippen LogP contribution in [0.25, 0.3) is 0 Å². The minimum atomic E-state index is -0.825. The van der Waals surface area contributed by atoms with E-state index in [1.165, 1.54) is 6.21 Å². The molecule has 0 fully saturated rings. The SMILES string of the molecule is O=[N+]([O-])OCCCOc1ccc(/C=[N+](\[O-])Cc2ccccc2)cc1. The number of nitrogens with zero attached hydrogens (tertiary/aromatic N) is 2. The molecule has 0 N–H and O–H groups in total. The predicted molar refractivity (Wildman–Crippen MR) is 88.4 cm³/mol. The topological polar surface area (TPSA) is 87.7 Å². The van der Waals surface area contributed by atoms with E-state index in [-0.39, 0.29) is 13.2 Å². The molecule has 0 atom stereocenters. The second-order valence-electron chi connectivity index (χ2n) is 5.02. The molecule has 0 aliphatic rings. The Morgan fingerprint density at radius 2 is 1.67 bits per heavy atom. The Bertz CT molecular complexity index is 671. The summed E-state index contributed by atoms with van der Waals surface area (Å²) in [5, 5.41) is 21.1. The van der Waals surface area contributed by atoms with Gasteiger partial charge < -0.3 is 14.8 Å². The number of hydrogen-bond acceptors (Lipinski definition) is 5. The summed E-state index contributed by atoms with van der Waals surface area (Å²) >= 11 is 0. The molecule has 7 heteroatoms. The van der Waals surface area contributed by atoms with Crippen molar-refractivity contribution in [1.29, 1.82) is 0 Å². The first-order chi connectivity index (χ1) is 11.6. The lowest BCUT2D eigenvalue weighted by molar-refractivity contribution is -0.757. The normalized spacial score (nSPS) is 11.1. The number of hydroxylamine groups is 1. The molecule has 2 rings (SSSR count). The molecule has 2 aromatic rings. The molecular weight excluding hydrogens is 312 g/mol. The van der Waals surface area contributed by atoms with Crippen LogP contribution in [0.3, 0.4) is 0 Å². The Labute approximate surface area is 139 Å². The van der Waals surface area contributed by atoms with Gasteiger partial charge >= 0.3 is 0 Å².